The minimum atomic E-state index is -0.412. The Morgan fingerprint density at radius 1 is 1.78 bits per heavy atom. The van der Waals surface area contributed by atoms with Crippen molar-refractivity contribution in [3.05, 3.63) is 0 Å². The summed E-state index contributed by atoms with van der Waals surface area (Å²) < 4.78 is 0. The summed E-state index contributed by atoms with van der Waals surface area (Å²) in [5.41, 5.74) is 5.19. The van der Waals surface area contributed by atoms with Gasteiger partial charge in [-0.2, -0.15) is 0 Å². The van der Waals surface area contributed by atoms with Gasteiger partial charge in [-0.05, 0) is 11.8 Å². The molecule has 1 fully saturated rings. The van der Waals surface area contributed by atoms with Crippen LogP contribution in [0.25, 0.3) is 0 Å². The van der Waals surface area contributed by atoms with Crippen molar-refractivity contribution in [3.63, 3.8) is 0 Å². The Labute approximate surface area is 54.6 Å². The maximum Gasteiger partial charge on any atom is 0.312 e. The number of hydrogen-bond acceptors (Lipinski definition) is 1. The molecule has 0 radical (unpaired) electrons. The summed E-state index contributed by atoms with van der Waals surface area (Å²) in [5, 5.41) is 2.65. The Hall–Kier alpha value is -0.730. The van der Waals surface area contributed by atoms with Crippen molar-refractivity contribution >= 4 is 6.03 Å². The maximum absolute atomic E-state index is 10.2. The molecular formula is C6H12N2O. The smallest absolute Gasteiger partial charge is 0.312 e. The monoisotopic (exact) mass is 128 g/mol. The second-order valence-electron chi connectivity index (χ2n) is 3.25. The van der Waals surface area contributed by atoms with Gasteiger partial charge in [-0.1, -0.05) is 13.8 Å². The van der Waals surface area contributed by atoms with Crippen LogP contribution in [0.5, 0.6) is 0 Å². The van der Waals surface area contributed by atoms with Gasteiger partial charge >= 0.3 is 6.03 Å². The third kappa shape index (κ3) is 1.34. The number of hydrogen-bond donors (Lipinski definition) is 2. The van der Waals surface area contributed by atoms with Gasteiger partial charge in [0.1, 0.15) is 0 Å². The lowest BCUT2D eigenvalue weighted by atomic mass is 10.2. The van der Waals surface area contributed by atoms with Gasteiger partial charge in [-0.3, -0.25) is 0 Å². The Morgan fingerprint density at radius 2 is 2.22 bits per heavy atom. The van der Waals surface area contributed by atoms with Crippen LogP contribution in [0, 0.1) is 5.41 Å². The van der Waals surface area contributed by atoms with Crippen molar-refractivity contribution < 1.29 is 4.79 Å². The van der Waals surface area contributed by atoms with Crippen molar-refractivity contribution in [2.75, 3.05) is 0 Å². The average Bonchev–Trinajstić information content (AvgIpc) is 2.10. The van der Waals surface area contributed by atoms with Crippen molar-refractivity contribution in [2.24, 2.45) is 11.1 Å². The van der Waals surface area contributed by atoms with Gasteiger partial charge in [-0.25, -0.2) is 4.79 Å². The van der Waals surface area contributed by atoms with E-state index in [0.717, 1.165) is 6.42 Å². The molecule has 3 heteroatoms. The van der Waals surface area contributed by atoms with Gasteiger partial charge in [0.25, 0.3) is 0 Å². The second kappa shape index (κ2) is 1.62. The SMILES string of the molecule is CC1(C)CC1NC(N)=O. The fourth-order valence-electron chi connectivity index (χ4n) is 0.885. The highest BCUT2D eigenvalue weighted by Crippen LogP contribution is 2.44. The molecule has 0 spiro atoms. The van der Waals surface area contributed by atoms with Crippen molar-refractivity contribution in [1.82, 2.24) is 5.32 Å². The number of nitrogens with two attached hydrogens (primary N) is 1. The molecule has 1 saturated carbocycles. The largest absolute Gasteiger partial charge is 0.352 e. The van der Waals surface area contributed by atoms with E-state index in [-0.39, 0.29) is 5.41 Å². The lowest BCUT2D eigenvalue weighted by Crippen LogP contribution is -2.33. The van der Waals surface area contributed by atoms with Gasteiger partial charge in [0.2, 0.25) is 0 Å². The fourth-order valence-corrected chi connectivity index (χ4v) is 0.885. The first-order chi connectivity index (χ1) is 4.02. The number of primary amides is 1. The van der Waals surface area contributed by atoms with Crippen LogP contribution >= 0.6 is 0 Å². The summed E-state index contributed by atoms with van der Waals surface area (Å²) in [5.74, 6) is 0. The molecule has 1 aliphatic carbocycles. The zero-order valence-electron chi connectivity index (χ0n) is 5.77. The van der Waals surface area contributed by atoms with Crippen molar-refractivity contribution in [1.29, 1.82) is 0 Å². The van der Waals surface area contributed by atoms with Crippen LogP contribution < -0.4 is 11.1 Å². The topological polar surface area (TPSA) is 55.1 Å². The molecule has 2 amide bonds. The van der Waals surface area contributed by atoms with Crippen molar-refractivity contribution in [2.45, 2.75) is 26.3 Å². The lowest BCUT2D eigenvalue weighted by Gasteiger charge is -2.01. The predicted molar refractivity (Wildman–Crippen MR) is 34.9 cm³/mol. The molecule has 0 bridgehead atoms. The van der Waals surface area contributed by atoms with E-state index in [1.807, 2.05) is 0 Å². The summed E-state index contributed by atoms with van der Waals surface area (Å²) >= 11 is 0. The first-order valence-electron chi connectivity index (χ1n) is 3.08. The number of carbonyl (C=O) groups excluding carboxylic acids is 1. The molecule has 1 aliphatic rings. The van der Waals surface area contributed by atoms with Gasteiger partial charge in [-0.15, -0.1) is 0 Å². The van der Waals surface area contributed by atoms with Gasteiger partial charge in [0, 0.05) is 6.04 Å². The summed E-state index contributed by atoms with van der Waals surface area (Å²) in [6, 6.07) is -0.0967. The number of urea groups is 1. The molecule has 0 aromatic rings. The molecule has 3 nitrogen and oxygen atoms in total. The molecule has 0 aliphatic heterocycles. The lowest BCUT2D eigenvalue weighted by molar-refractivity contribution is 0.247. The minimum Gasteiger partial charge on any atom is -0.352 e. The molecule has 9 heavy (non-hydrogen) atoms. The number of carbonyl (C=O) groups is 1. The second-order valence-corrected chi connectivity index (χ2v) is 3.25. The van der Waals surface area contributed by atoms with Crippen LogP contribution in [0.3, 0.4) is 0 Å². The van der Waals surface area contributed by atoms with E-state index in [1.54, 1.807) is 0 Å². The predicted octanol–water partition coefficient (Wildman–Crippen LogP) is 0.453. The van der Waals surface area contributed by atoms with E-state index < -0.39 is 6.03 Å². The molecule has 3 N–H and O–H groups in total. The normalized spacial score (nSPS) is 29.3. The van der Waals surface area contributed by atoms with E-state index >= 15 is 0 Å². The van der Waals surface area contributed by atoms with E-state index in [9.17, 15) is 4.79 Å². The molecule has 0 heterocycles. The summed E-state index contributed by atoms with van der Waals surface area (Å²) in [7, 11) is 0. The highest BCUT2D eigenvalue weighted by Gasteiger charge is 2.46. The Kier molecular flexibility index (Phi) is 1.15. The summed E-state index contributed by atoms with van der Waals surface area (Å²) in [6.07, 6.45) is 1.05. The first-order valence-corrected chi connectivity index (χ1v) is 3.08. The first kappa shape index (κ1) is 6.39. The Morgan fingerprint density at radius 3 is 2.33 bits per heavy atom. The highest BCUT2D eigenvalue weighted by atomic mass is 16.2. The van der Waals surface area contributed by atoms with E-state index in [2.05, 4.69) is 19.2 Å². The van der Waals surface area contributed by atoms with E-state index in [1.165, 1.54) is 0 Å². The Bertz CT molecular complexity index is 142. The van der Waals surface area contributed by atoms with Gasteiger partial charge in [0.15, 0.2) is 0 Å². The molecule has 1 unspecified atom stereocenters. The molecule has 0 aromatic carbocycles. The standard InChI is InChI=1S/C6H12N2O/c1-6(2)3-4(6)8-5(7)9/h4H,3H2,1-2H3,(H3,7,8,9). The number of rotatable bonds is 1. The minimum absolute atomic E-state index is 0.287. The van der Waals surface area contributed by atoms with Gasteiger partial charge < -0.3 is 11.1 Å². The molecule has 1 rings (SSSR count). The van der Waals surface area contributed by atoms with Crippen LogP contribution in [0.2, 0.25) is 0 Å². The summed E-state index contributed by atoms with van der Waals surface area (Å²) in [6.45, 7) is 4.21. The number of amides is 2. The van der Waals surface area contributed by atoms with Crippen LogP contribution in [0.15, 0.2) is 0 Å². The molecule has 0 saturated heterocycles. The summed E-state index contributed by atoms with van der Waals surface area (Å²) in [4.78, 5) is 10.2. The molecule has 1 atom stereocenters. The van der Waals surface area contributed by atoms with Crippen molar-refractivity contribution in [3.8, 4) is 0 Å². The Balaban J connectivity index is 2.28. The molecular weight excluding hydrogens is 116 g/mol. The molecule has 52 valence electrons. The van der Waals surface area contributed by atoms with Crippen LogP contribution in [-0.2, 0) is 0 Å². The zero-order valence-corrected chi connectivity index (χ0v) is 5.77. The fraction of sp³-hybridized carbons (Fsp3) is 0.833. The zero-order chi connectivity index (χ0) is 7.07. The number of nitrogens with one attached hydrogen (secondary N) is 1. The highest BCUT2D eigenvalue weighted by molar-refractivity contribution is 5.72. The van der Waals surface area contributed by atoms with Crippen LogP contribution in [0.4, 0.5) is 4.79 Å². The third-order valence-electron chi connectivity index (χ3n) is 1.83. The quantitative estimate of drug-likeness (QED) is 0.529. The maximum atomic E-state index is 10.2. The van der Waals surface area contributed by atoms with Crippen LogP contribution in [0.1, 0.15) is 20.3 Å². The van der Waals surface area contributed by atoms with Crippen LogP contribution in [-0.4, -0.2) is 12.1 Å². The average molecular weight is 128 g/mol. The third-order valence-corrected chi connectivity index (χ3v) is 1.83. The van der Waals surface area contributed by atoms with E-state index in [0.29, 0.717) is 6.04 Å². The van der Waals surface area contributed by atoms with E-state index in [4.69, 9.17) is 5.73 Å². The van der Waals surface area contributed by atoms with Gasteiger partial charge in [0.05, 0.1) is 0 Å². The molecule has 0 aromatic heterocycles.